The molecule has 0 fully saturated rings. The molecule has 1 atom stereocenters. The van der Waals surface area contributed by atoms with E-state index in [9.17, 15) is 4.21 Å². The SMILES string of the molecule is O=S1Nc2ccc3cccnc3c21. The Hall–Kier alpha value is -1.42. The molecule has 1 aromatic carbocycles. The van der Waals surface area contributed by atoms with Gasteiger partial charge in [0.2, 0.25) is 0 Å². The molecule has 0 saturated carbocycles. The molecule has 3 rings (SSSR count). The number of fused-ring (bicyclic) bond motifs is 3. The fourth-order valence-electron chi connectivity index (χ4n) is 1.49. The van der Waals surface area contributed by atoms with Crippen LogP contribution in [-0.4, -0.2) is 9.19 Å². The Morgan fingerprint density at radius 3 is 3.08 bits per heavy atom. The molecule has 3 nitrogen and oxygen atoms in total. The molecule has 13 heavy (non-hydrogen) atoms. The molecule has 1 aliphatic rings. The first-order valence-corrected chi connectivity index (χ1v) is 5.07. The summed E-state index contributed by atoms with van der Waals surface area (Å²) in [5, 5.41) is 1.04. The minimum atomic E-state index is -1.05. The van der Waals surface area contributed by atoms with Gasteiger partial charge in [-0.3, -0.25) is 9.71 Å². The second-order valence-electron chi connectivity index (χ2n) is 2.89. The van der Waals surface area contributed by atoms with Crippen LogP contribution >= 0.6 is 0 Å². The Labute approximate surface area is 77.4 Å². The van der Waals surface area contributed by atoms with Gasteiger partial charge in [0.05, 0.1) is 11.2 Å². The second-order valence-corrected chi connectivity index (χ2v) is 4.04. The molecule has 1 aliphatic heterocycles. The number of rotatable bonds is 0. The van der Waals surface area contributed by atoms with E-state index in [4.69, 9.17) is 0 Å². The van der Waals surface area contributed by atoms with E-state index in [-0.39, 0.29) is 0 Å². The van der Waals surface area contributed by atoms with Crippen LogP contribution in [0.3, 0.4) is 0 Å². The highest BCUT2D eigenvalue weighted by Crippen LogP contribution is 2.35. The van der Waals surface area contributed by atoms with Crippen molar-refractivity contribution in [1.29, 1.82) is 0 Å². The Kier molecular flexibility index (Phi) is 1.24. The van der Waals surface area contributed by atoms with Gasteiger partial charge in [-0.15, -0.1) is 0 Å². The lowest BCUT2D eigenvalue weighted by Crippen LogP contribution is -2.18. The van der Waals surface area contributed by atoms with E-state index in [1.165, 1.54) is 0 Å². The van der Waals surface area contributed by atoms with Gasteiger partial charge in [-0.05, 0) is 12.1 Å². The second kappa shape index (κ2) is 2.29. The molecule has 0 bridgehead atoms. The fourth-order valence-corrected chi connectivity index (χ4v) is 2.47. The molecule has 1 N–H and O–H groups in total. The molecular weight excluding hydrogens is 184 g/mol. The molecule has 1 unspecified atom stereocenters. The third-order valence-electron chi connectivity index (χ3n) is 2.12. The summed E-state index contributed by atoms with van der Waals surface area (Å²) in [6.07, 6.45) is 1.72. The Morgan fingerprint density at radius 1 is 1.31 bits per heavy atom. The van der Waals surface area contributed by atoms with Crippen LogP contribution in [0.4, 0.5) is 5.69 Å². The van der Waals surface area contributed by atoms with Gasteiger partial charge in [-0.25, -0.2) is 4.21 Å². The number of benzene rings is 1. The highest BCUT2D eigenvalue weighted by molar-refractivity contribution is 7.88. The molecule has 0 radical (unpaired) electrons. The molecule has 1 aromatic heterocycles. The highest BCUT2D eigenvalue weighted by Gasteiger charge is 2.24. The van der Waals surface area contributed by atoms with Crippen LogP contribution in [0.2, 0.25) is 0 Å². The van der Waals surface area contributed by atoms with E-state index in [0.717, 1.165) is 21.5 Å². The number of hydrogen-bond acceptors (Lipinski definition) is 2. The van der Waals surface area contributed by atoms with Crippen molar-refractivity contribution in [3.63, 3.8) is 0 Å². The van der Waals surface area contributed by atoms with Gasteiger partial charge in [0.15, 0.2) is 11.0 Å². The van der Waals surface area contributed by atoms with Crippen molar-refractivity contribution in [3.05, 3.63) is 30.5 Å². The summed E-state index contributed by atoms with van der Waals surface area (Å²) in [6.45, 7) is 0. The Bertz CT molecular complexity index is 524. The minimum Gasteiger partial charge on any atom is -0.300 e. The van der Waals surface area contributed by atoms with E-state index >= 15 is 0 Å². The zero-order valence-electron chi connectivity index (χ0n) is 6.65. The first-order valence-electron chi connectivity index (χ1n) is 3.92. The van der Waals surface area contributed by atoms with Gasteiger partial charge in [0.1, 0.15) is 4.90 Å². The molecule has 0 aliphatic carbocycles. The van der Waals surface area contributed by atoms with Crippen molar-refractivity contribution in [2.24, 2.45) is 0 Å². The summed E-state index contributed by atoms with van der Waals surface area (Å²) in [4.78, 5) is 5.04. The maximum atomic E-state index is 11.3. The summed E-state index contributed by atoms with van der Waals surface area (Å²) in [6, 6.07) is 7.76. The van der Waals surface area contributed by atoms with Crippen LogP contribution in [0.15, 0.2) is 35.4 Å². The minimum absolute atomic E-state index is 0.832. The zero-order chi connectivity index (χ0) is 8.84. The van der Waals surface area contributed by atoms with Crippen molar-refractivity contribution in [3.8, 4) is 0 Å². The number of nitrogens with zero attached hydrogens (tertiary/aromatic N) is 1. The zero-order valence-corrected chi connectivity index (χ0v) is 7.47. The first kappa shape index (κ1) is 7.03. The maximum Gasteiger partial charge on any atom is 0.154 e. The lowest BCUT2D eigenvalue weighted by molar-refractivity contribution is 0.684. The third kappa shape index (κ3) is 0.833. The molecular formula is C9H6N2OS. The normalized spacial score (nSPS) is 18.9. The molecule has 4 heteroatoms. The summed E-state index contributed by atoms with van der Waals surface area (Å²) < 4.78 is 14.1. The topological polar surface area (TPSA) is 42.0 Å². The van der Waals surface area contributed by atoms with Gasteiger partial charge in [-0.1, -0.05) is 12.1 Å². The number of aromatic nitrogens is 1. The monoisotopic (exact) mass is 190 g/mol. The van der Waals surface area contributed by atoms with Gasteiger partial charge in [0, 0.05) is 11.6 Å². The fraction of sp³-hybridized carbons (Fsp3) is 0. The van der Waals surface area contributed by atoms with Crippen molar-refractivity contribution in [2.75, 3.05) is 4.72 Å². The Balaban J connectivity index is 2.50. The van der Waals surface area contributed by atoms with Gasteiger partial charge in [-0.2, -0.15) is 0 Å². The smallest absolute Gasteiger partial charge is 0.154 e. The Morgan fingerprint density at radius 2 is 2.23 bits per heavy atom. The largest absolute Gasteiger partial charge is 0.300 e. The molecule has 0 amide bonds. The first-order chi connectivity index (χ1) is 6.36. The molecule has 64 valence electrons. The van der Waals surface area contributed by atoms with E-state index in [1.807, 2.05) is 24.3 Å². The van der Waals surface area contributed by atoms with E-state index in [2.05, 4.69) is 9.71 Å². The lowest BCUT2D eigenvalue weighted by Gasteiger charge is -2.20. The highest BCUT2D eigenvalue weighted by atomic mass is 32.2. The maximum absolute atomic E-state index is 11.3. The van der Waals surface area contributed by atoms with Crippen LogP contribution in [0.25, 0.3) is 10.9 Å². The summed E-state index contributed by atoms with van der Waals surface area (Å²) in [5.74, 6) is 0. The number of anilines is 1. The van der Waals surface area contributed by atoms with E-state index in [1.54, 1.807) is 6.20 Å². The number of hydrogen-bond donors (Lipinski definition) is 1. The van der Waals surface area contributed by atoms with E-state index in [0.29, 0.717) is 0 Å². The van der Waals surface area contributed by atoms with Gasteiger partial charge < -0.3 is 0 Å². The molecule has 2 heterocycles. The lowest BCUT2D eigenvalue weighted by atomic mass is 10.2. The van der Waals surface area contributed by atoms with Gasteiger partial charge in [0.25, 0.3) is 0 Å². The predicted octanol–water partition coefficient (Wildman–Crippen LogP) is 1.68. The van der Waals surface area contributed by atoms with Gasteiger partial charge >= 0.3 is 0 Å². The van der Waals surface area contributed by atoms with Crippen molar-refractivity contribution in [1.82, 2.24) is 4.98 Å². The van der Waals surface area contributed by atoms with Crippen molar-refractivity contribution >= 4 is 27.6 Å². The summed E-state index contributed by atoms with van der Waals surface area (Å²) in [5.41, 5.74) is 1.78. The molecule has 2 aromatic rings. The van der Waals surface area contributed by atoms with Crippen molar-refractivity contribution in [2.45, 2.75) is 4.90 Å². The number of pyridine rings is 1. The standard InChI is InChI=1S/C9H6N2OS/c12-13-9-7(11-13)4-3-6-2-1-5-10-8(6)9/h1-5,11H. The van der Waals surface area contributed by atoms with Crippen LogP contribution in [-0.2, 0) is 11.0 Å². The average Bonchev–Trinajstić information content (AvgIpc) is 2.14. The summed E-state index contributed by atoms with van der Waals surface area (Å²) in [7, 11) is -1.05. The molecule has 0 spiro atoms. The third-order valence-corrected chi connectivity index (χ3v) is 3.31. The van der Waals surface area contributed by atoms with Crippen LogP contribution < -0.4 is 4.72 Å². The average molecular weight is 190 g/mol. The number of nitrogens with one attached hydrogen (secondary N) is 1. The van der Waals surface area contributed by atoms with Crippen LogP contribution in [0.1, 0.15) is 0 Å². The van der Waals surface area contributed by atoms with E-state index < -0.39 is 11.0 Å². The predicted molar refractivity (Wildman–Crippen MR) is 51.8 cm³/mol. The van der Waals surface area contributed by atoms with Crippen molar-refractivity contribution < 1.29 is 4.21 Å². The van der Waals surface area contributed by atoms with Crippen LogP contribution in [0, 0.1) is 0 Å². The molecule has 0 saturated heterocycles. The summed E-state index contributed by atoms with van der Waals surface area (Å²) >= 11 is 0. The van der Waals surface area contributed by atoms with Crippen LogP contribution in [0.5, 0.6) is 0 Å². The quantitative estimate of drug-likeness (QED) is 0.686.